The summed E-state index contributed by atoms with van der Waals surface area (Å²) in [6.07, 6.45) is 0. The monoisotopic (exact) mass is 141 g/mol. The molecule has 0 atom stereocenters. The summed E-state index contributed by atoms with van der Waals surface area (Å²) in [5, 5.41) is 0. The van der Waals surface area contributed by atoms with Crippen LogP contribution in [0, 0.1) is 7.05 Å². The normalized spacial score (nSPS) is 21.2. The number of carbonyl (C=O) groups is 1. The third kappa shape index (κ3) is 1.70. The molecule has 10 heavy (non-hydrogen) atoms. The topological polar surface area (TPSA) is 23.6 Å². The summed E-state index contributed by atoms with van der Waals surface area (Å²) in [6, 6.07) is 0. The predicted octanol–water partition coefficient (Wildman–Crippen LogP) is -0.0579. The van der Waals surface area contributed by atoms with Gasteiger partial charge in [0.05, 0.1) is 0 Å². The molecule has 0 aromatic rings. The van der Waals surface area contributed by atoms with E-state index >= 15 is 0 Å². The molecule has 1 aliphatic rings. The van der Waals surface area contributed by atoms with Crippen LogP contribution in [0.15, 0.2) is 0 Å². The Morgan fingerprint density at radius 1 is 1.30 bits per heavy atom. The summed E-state index contributed by atoms with van der Waals surface area (Å²) >= 11 is 0. The fourth-order valence-corrected chi connectivity index (χ4v) is 1.06. The van der Waals surface area contributed by atoms with Gasteiger partial charge in [-0.1, -0.05) is 0 Å². The van der Waals surface area contributed by atoms with Gasteiger partial charge in [-0.15, -0.1) is 0 Å². The number of rotatable bonds is 0. The van der Waals surface area contributed by atoms with E-state index in [1.165, 1.54) is 0 Å². The Morgan fingerprint density at radius 2 is 1.80 bits per heavy atom. The van der Waals surface area contributed by atoms with Crippen molar-refractivity contribution in [3.05, 3.63) is 7.05 Å². The van der Waals surface area contributed by atoms with Gasteiger partial charge in [0, 0.05) is 20.0 Å². The van der Waals surface area contributed by atoms with Gasteiger partial charge < -0.3 is 9.80 Å². The fourth-order valence-electron chi connectivity index (χ4n) is 1.06. The third-order valence-corrected chi connectivity index (χ3v) is 1.82. The molecule has 3 heteroatoms. The molecule has 0 saturated carbocycles. The van der Waals surface area contributed by atoms with Crippen LogP contribution in [0.1, 0.15) is 6.92 Å². The maximum absolute atomic E-state index is 10.8. The average molecular weight is 141 g/mol. The van der Waals surface area contributed by atoms with Crippen molar-refractivity contribution in [3.63, 3.8) is 0 Å². The number of carbonyl (C=O) groups excluding carboxylic acids is 1. The SMILES string of the molecule is [CH2-]N1CCN(C(C)=O)CC1. The smallest absolute Gasteiger partial charge is 0.219 e. The molecule has 0 bridgehead atoms. The lowest BCUT2D eigenvalue weighted by atomic mass is 10.3. The lowest BCUT2D eigenvalue weighted by molar-refractivity contribution is -0.130. The van der Waals surface area contributed by atoms with E-state index in [1.807, 2.05) is 9.80 Å². The van der Waals surface area contributed by atoms with Crippen molar-refractivity contribution in [2.45, 2.75) is 6.92 Å². The van der Waals surface area contributed by atoms with Crippen LogP contribution in [-0.4, -0.2) is 41.9 Å². The largest absolute Gasteiger partial charge is 0.456 e. The Morgan fingerprint density at radius 3 is 2.20 bits per heavy atom. The van der Waals surface area contributed by atoms with Crippen molar-refractivity contribution in [1.82, 2.24) is 9.80 Å². The zero-order chi connectivity index (χ0) is 7.56. The van der Waals surface area contributed by atoms with E-state index in [2.05, 4.69) is 7.05 Å². The molecule has 1 rings (SSSR count). The van der Waals surface area contributed by atoms with E-state index < -0.39 is 0 Å². The van der Waals surface area contributed by atoms with Crippen LogP contribution in [-0.2, 0) is 4.79 Å². The molecule has 0 aromatic carbocycles. The highest BCUT2D eigenvalue weighted by Gasteiger charge is 2.11. The first kappa shape index (κ1) is 7.54. The van der Waals surface area contributed by atoms with Gasteiger partial charge in [0.25, 0.3) is 0 Å². The molecule has 1 amide bonds. The highest BCUT2D eigenvalue weighted by Crippen LogP contribution is 1.98. The minimum Gasteiger partial charge on any atom is -0.456 e. The first-order valence-corrected chi connectivity index (χ1v) is 3.51. The first-order valence-electron chi connectivity index (χ1n) is 3.51. The van der Waals surface area contributed by atoms with E-state index in [-0.39, 0.29) is 5.91 Å². The van der Waals surface area contributed by atoms with E-state index in [0.717, 1.165) is 26.2 Å². The van der Waals surface area contributed by atoms with Crippen molar-refractivity contribution >= 4 is 5.91 Å². The Hall–Kier alpha value is -0.570. The van der Waals surface area contributed by atoms with Crippen molar-refractivity contribution in [2.75, 3.05) is 26.2 Å². The lowest BCUT2D eigenvalue weighted by Gasteiger charge is -2.36. The quantitative estimate of drug-likeness (QED) is 0.441. The molecule has 0 aliphatic carbocycles. The minimum atomic E-state index is 0.174. The number of piperazine rings is 1. The van der Waals surface area contributed by atoms with Gasteiger partial charge in [-0.25, -0.2) is 0 Å². The highest BCUT2D eigenvalue weighted by atomic mass is 16.2. The summed E-state index contributed by atoms with van der Waals surface area (Å²) in [5.74, 6) is 0.174. The molecule has 1 heterocycles. The Bertz CT molecular complexity index is 128. The van der Waals surface area contributed by atoms with Crippen LogP contribution in [0.5, 0.6) is 0 Å². The second-order valence-corrected chi connectivity index (χ2v) is 2.62. The van der Waals surface area contributed by atoms with Gasteiger partial charge in [0.2, 0.25) is 5.91 Å². The fraction of sp³-hybridized carbons (Fsp3) is 0.714. The molecule has 0 aromatic heterocycles. The minimum absolute atomic E-state index is 0.174. The highest BCUT2D eigenvalue weighted by molar-refractivity contribution is 5.73. The summed E-state index contributed by atoms with van der Waals surface area (Å²) in [6.45, 7) is 5.08. The molecule has 0 unspecified atom stereocenters. The first-order chi connectivity index (χ1) is 4.70. The van der Waals surface area contributed by atoms with Crippen molar-refractivity contribution in [1.29, 1.82) is 0 Å². The molecule has 58 valence electrons. The van der Waals surface area contributed by atoms with E-state index in [4.69, 9.17) is 0 Å². The third-order valence-electron chi connectivity index (χ3n) is 1.82. The second kappa shape index (κ2) is 3.01. The molecule has 1 fully saturated rings. The van der Waals surface area contributed by atoms with Gasteiger partial charge >= 0.3 is 0 Å². The summed E-state index contributed by atoms with van der Waals surface area (Å²) in [4.78, 5) is 14.6. The van der Waals surface area contributed by atoms with Crippen molar-refractivity contribution < 1.29 is 4.79 Å². The molecule has 0 spiro atoms. The van der Waals surface area contributed by atoms with E-state index in [1.54, 1.807) is 6.92 Å². The van der Waals surface area contributed by atoms with E-state index in [9.17, 15) is 4.79 Å². The molecular formula is C7H13N2O-. The van der Waals surface area contributed by atoms with Crippen LogP contribution in [0.3, 0.4) is 0 Å². The Labute approximate surface area is 61.6 Å². The standard InChI is InChI=1S/C7H13N2O/c1-7(10)9-5-3-8(2)4-6-9/h2-6H2,1H3/q-1. The number of amides is 1. The van der Waals surface area contributed by atoms with Crippen LogP contribution in [0.4, 0.5) is 0 Å². The zero-order valence-electron chi connectivity index (χ0n) is 6.34. The Kier molecular flexibility index (Phi) is 2.27. The molecule has 0 radical (unpaired) electrons. The maximum atomic E-state index is 10.8. The van der Waals surface area contributed by atoms with Crippen molar-refractivity contribution in [2.24, 2.45) is 0 Å². The van der Waals surface area contributed by atoms with Gasteiger partial charge in [-0.2, -0.15) is 0 Å². The lowest BCUT2D eigenvalue weighted by Crippen LogP contribution is -2.45. The second-order valence-electron chi connectivity index (χ2n) is 2.62. The van der Waals surface area contributed by atoms with Crippen LogP contribution >= 0.6 is 0 Å². The summed E-state index contributed by atoms with van der Waals surface area (Å²) in [5.41, 5.74) is 0. The molecular weight excluding hydrogens is 128 g/mol. The number of hydrogen-bond donors (Lipinski definition) is 0. The van der Waals surface area contributed by atoms with Crippen LogP contribution in [0.25, 0.3) is 0 Å². The van der Waals surface area contributed by atoms with Gasteiger partial charge in [0.15, 0.2) is 0 Å². The predicted molar refractivity (Wildman–Crippen MR) is 39.2 cm³/mol. The average Bonchev–Trinajstić information content (AvgIpc) is 1.88. The Balaban J connectivity index is 2.33. The van der Waals surface area contributed by atoms with E-state index in [0.29, 0.717) is 0 Å². The summed E-state index contributed by atoms with van der Waals surface area (Å²) in [7, 11) is 3.79. The molecule has 0 N–H and O–H groups in total. The summed E-state index contributed by atoms with van der Waals surface area (Å²) < 4.78 is 0. The van der Waals surface area contributed by atoms with Crippen molar-refractivity contribution in [3.8, 4) is 0 Å². The van der Waals surface area contributed by atoms with Gasteiger partial charge in [-0.3, -0.25) is 11.8 Å². The van der Waals surface area contributed by atoms with Crippen LogP contribution < -0.4 is 0 Å². The van der Waals surface area contributed by atoms with Gasteiger partial charge in [-0.05, 0) is 13.1 Å². The maximum Gasteiger partial charge on any atom is 0.219 e. The van der Waals surface area contributed by atoms with Gasteiger partial charge in [0.1, 0.15) is 0 Å². The zero-order valence-corrected chi connectivity index (χ0v) is 6.34. The molecule has 3 nitrogen and oxygen atoms in total. The number of hydrogen-bond acceptors (Lipinski definition) is 2. The number of nitrogens with zero attached hydrogens (tertiary/aromatic N) is 2. The molecule has 1 saturated heterocycles. The molecule has 1 aliphatic heterocycles. The van der Waals surface area contributed by atoms with Crippen LogP contribution in [0.2, 0.25) is 0 Å².